The van der Waals surface area contributed by atoms with Crippen LogP contribution in [0, 0.1) is 11.3 Å². The summed E-state index contributed by atoms with van der Waals surface area (Å²) in [5.74, 6) is 0. The first-order valence-corrected chi connectivity index (χ1v) is 4.03. The molecule has 1 aliphatic rings. The Kier molecular flexibility index (Phi) is 1.59. The number of nitrogens with one attached hydrogen (secondary N) is 1. The quantitative estimate of drug-likeness (QED) is 0.658. The zero-order valence-electron chi connectivity index (χ0n) is 6.96. The summed E-state index contributed by atoms with van der Waals surface area (Å²) in [6, 6.07) is 2.08. The molecule has 12 heavy (non-hydrogen) atoms. The largest absolute Gasteiger partial charge is 0.293 e. The second-order valence-electron chi connectivity index (χ2n) is 2.94. The van der Waals surface area contributed by atoms with Gasteiger partial charge in [0.05, 0.1) is 5.69 Å². The van der Waals surface area contributed by atoms with Crippen molar-refractivity contribution in [2.24, 2.45) is 0 Å². The van der Waals surface area contributed by atoms with Crippen LogP contribution in [0.2, 0.25) is 0 Å². The third kappa shape index (κ3) is 0.908. The molecule has 2 rings (SSSR count). The maximum absolute atomic E-state index is 8.70. The Hall–Kier alpha value is -1.34. The fourth-order valence-electron chi connectivity index (χ4n) is 1.52. The van der Waals surface area contributed by atoms with Gasteiger partial charge >= 0.3 is 0 Å². The molecule has 0 saturated heterocycles. The average molecular weight is 162 g/mol. The highest BCUT2D eigenvalue weighted by Crippen LogP contribution is 2.22. The lowest BCUT2D eigenvalue weighted by Gasteiger charge is -2.09. The van der Waals surface area contributed by atoms with E-state index in [0.717, 1.165) is 30.9 Å². The van der Waals surface area contributed by atoms with Crippen molar-refractivity contribution in [1.82, 2.24) is 15.1 Å². The SMILES string of the molecule is CCN1Cc2[nH]nc(C#N)c2C1. The summed E-state index contributed by atoms with van der Waals surface area (Å²) in [7, 11) is 0. The van der Waals surface area contributed by atoms with Gasteiger partial charge < -0.3 is 0 Å². The molecule has 0 fully saturated rings. The van der Waals surface area contributed by atoms with Crippen LogP contribution in [0.4, 0.5) is 0 Å². The van der Waals surface area contributed by atoms with Crippen LogP contribution in [0.15, 0.2) is 0 Å². The molecule has 1 aromatic heterocycles. The molecule has 4 heteroatoms. The van der Waals surface area contributed by atoms with Crippen molar-refractivity contribution in [2.75, 3.05) is 6.54 Å². The van der Waals surface area contributed by atoms with E-state index in [1.807, 2.05) is 0 Å². The molecule has 1 aromatic rings. The van der Waals surface area contributed by atoms with E-state index in [2.05, 4.69) is 28.1 Å². The minimum absolute atomic E-state index is 0.556. The second-order valence-corrected chi connectivity index (χ2v) is 2.94. The van der Waals surface area contributed by atoms with Crippen molar-refractivity contribution in [3.8, 4) is 6.07 Å². The lowest BCUT2D eigenvalue weighted by Crippen LogP contribution is -2.15. The lowest BCUT2D eigenvalue weighted by molar-refractivity contribution is 0.297. The predicted molar refractivity (Wildman–Crippen MR) is 43.1 cm³/mol. The van der Waals surface area contributed by atoms with Crippen molar-refractivity contribution in [3.05, 3.63) is 17.0 Å². The van der Waals surface area contributed by atoms with Crippen LogP contribution >= 0.6 is 0 Å². The summed E-state index contributed by atoms with van der Waals surface area (Å²) in [6.45, 7) is 4.91. The van der Waals surface area contributed by atoms with Gasteiger partial charge in [-0.2, -0.15) is 10.4 Å². The number of aromatic amines is 1. The summed E-state index contributed by atoms with van der Waals surface area (Å²) in [5.41, 5.74) is 2.74. The van der Waals surface area contributed by atoms with Crippen LogP contribution in [-0.4, -0.2) is 21.6 Å². The highest BCUT2D eigenvalue weighted by molar-refractivity contribution is 5.36. The van der Waals surface area contributed by atoms with Gasteiger partial charge in [0.15, 0.2) is 5.69 Å². The molecule has 62 valence electrons. The number of rotatable bonds is 1. The number of H-pyrrole nitrogens is 1. The van der Waals surface area contributed by atoms with Gasteiger partial charge in [0, 0.05) is 18.7 Å². The minimum Gasteiger partial charge on any atom is -0.293 e. The van der Waals surface area contributed by atoms with E-state index in [-0.39, 0.29) is 0 Å². The number of aromatic nitrogens is 2. The maximum atomic E-state index is 8.70. The molecule has 0 radical (unpaired) electrons. The summed E-state index contributed by atoms with van der Waals surface area (Å²) < 4.78 is 0. The summed E-state index contributed by atoms with van der Waals surface area (Å²) in [4.78, 5) is 2.27. The summed E-state index contributed by atoms with van der Waals surface area (Å²) in [5, 5.41) is 15.5. The minimum atomic E-state index is 0.556. The molecule has 1 aliphatic heterocycles. The number of nitriles is 1. The topological polar surface area (TPSA) is 55.7 Å². The van der Waals surface area contributed by atoms with E-state index in [1.54, 1.807) is 0 Å². The normalized spacial score (nSPS) is 16.0. The molecular weight excluding hydrogens is 152 g/mol. The van der Waals surface area contributed by atoms with Crippen LogP contribution in [-0.2, 0) is 13.1 Å². The molecule has 1 N–H and O–H groups in total. The zero-order valence-corrected chi connectivity index (χ0v) is 6.96. The number of hydrogen-bond acceptors (Lipinski definition) is 3. The zero-order chi connectivity index (χ0) is 8.55. The number of fused-ring (bicyclic) bond motifs is 1. The van der Waals surface area contributed by atoms with Crippen molar-refractivity contribution < 1.29 is 0 Å². The maximum Gasteiger partial charge on any atom is 0.167 e. The molecular formula is C8H10N4. The fourth-order valence-corrected chi connectivity index (χ4v) is 1.52. The van der Waals surface area contributed by atoms with Gasteiger partial charge in [-0.15, -0.1) is 0 Å². The summed E-state index contributed by atoms with van der Waals surface area (Å²) in [6.07, 6.45) is 0. The molecule has 0 aromatic carbocycles. The van der Waals surface area contributed by atoms with E-state index in [0.29, 0.717) is 5.69 Å². The Bertz CT molecular complexity index is 333. The molecule has 0 spiro atoms. The van der Waals surface area contributed by atoms with Crippen LogP contribution in [0.1, 0.15) is 23.9 Å². The van der Waals surface area contributed by atoms with Gasteiger partial charge in [-0.1, -0.05) is 6.92 Å². The molecule has 0 saturated carbocycles. The Morgan fingerprint density at radius 1 is 1.67 bits per heavy atom. The molecule has 0 amide bonds. The van der Waals surface area contributed by atoms with Crippen molar-refractivity contribution >= 4 is 0 Å². The Balaban J connectivity index is 2.32. The van der Waals surface area contributed by atoms with E-state index in [4.69, 9.17) is 5.26 Å². The average Bonchev–Trinajstić information content (AvgIpc) is 2.61. The van der Waals surface area contributed by atoms with Gasteiger partial charge in [0.2, 0.25) is 0 Å². The molecule has 0 bridgehead atoms. The lowest BCUT2D eigenvalue weighted by atomic mass is 10.2. The van der Waals surface area contributed by atoms with Crippen molar-refractivity contribution in [3.63, 3.8) is 0 Å². The van der Waals surface area contributed by atoms with Gasteiger partial charge in [-0.05, 0) is 6.54 Å². The smallest absolute Gasteiger partial charge is 0.167 e. The highest BCUT2D eigenvalue weighted by atomic mass is 15.2. The highest BCUT2D eigenvalue weighted by Gasteiger charge is 2.23. The molecule has 0 unspecified atom stereocenters. The van der Waals surface area contributed by atoms with E-state index in [9.17, 15) is 0 Å². The van der Waals surface area contributed by atoms with Crippen LogP contribution in [0.25, 0.3) is 0 Å². The van der Waals surface area contributed by atoms with Crippen LogP contribution in [0.3, 0.4) is 0 Å². The van der Waals surface area contributed by atoms with Gasteiger partial charge in [0.1, 0.15) is 6.07 Å². The monoisotopic (exact) mass is 162 g/mol. The standard InChI is InChI=1S/C8H10N4/c1-2-12-4-6-7(3-9)10-11-8(6)5-12/h2,4-5H2,1H3,(H,10,11). The summed E-state index contributed by atoms with van der Waals surface area (Å²) >= 11 is 0. The van der Waals surface area contributed by atoms with E-state index >= 15 is 0 Å². The fraction of sp³-hybridized carbons (Fsp3) is 0.500. The predicted octanol–water partition coefficient (Wildman–Crippen LogP) is 0.617. The van der Waals surface area contributed by atoms with Gasteiger partial charge in [0.25, 0.3) is 0 Å². The molecule has 2 heterocycles. The first-order valence-electron chi connectivity index (χ1n) is 4.03. The Morgan fingerprint density at radius 3 is 3.17 bits per heavy atom. The van der Waals surface area contributed by atoms with Gasteiger partial charge in [-0.3, -0.25) is 10.00 Å². The Morgan fingerprint density at radius 2 is 2.50 bits per heavy atom. The van der Waals surface area contributed by atoms with Crippen molar-refractivity contribution in [1.29, 1.82) is 5.26 Å². The molecule has 0 atom stereocenters. The Labute approximate surface area is 70.8 Å². The van der Waals surface area contributed by atoms with Gasteiger partial charge in [-0.25, -0.2) is 0 Å². The van der Waals surface area contributed by atoms with Crippen molar-refractivity contribution in [2.45, 2.75) is 20.0 Å². The van der Waals surface area contributed by atoms with Crippen LogP contribution in [0.5, 0.6) is 0 Å². The second kappa shape index (κ2) is 2.61. The first kappa shape index (κ1) is 7.32. The van der Waals surface area contributed by atoms with E-state index < -0.39 is 0 Å². The number of hydrogen-bond donors (Lipinski definition) is 1. The van der Waals surface area contributed by atoms with E-state index in [1.165, 1.54) is 0 Å². The first-order chi connectivity index (χ1) is 5.85. The third-order valence-corrected chi connectivity index (χ3v) is 2.27. The third-order valence-electron chi connectivity index (χ3n) is 2.27. The number of nitrogens with zero attached hydrogens (tertiary/aromatic N) is 3. The molecule has 0 aliphatic carbocycles. The molecule has 4 nitrogen and oxygen atoms in total. The van der Waals surface area contributed by atoms with Crippen LogP contribution < -0.4 is 0 Å².